The van der Waals surface area contributed by atoms with Crippen molar-refractivity contribution in [3.05, 3.63) is 71.3 Å². The van der Waals surface area contributed by atoms with Crippen LogP contribution in [0.1, 0.15) is 110 Å². The van der Waals surface area contributed by atoms with Gasteiger partial charge in [-0.3, -0.25) is 23.7 Å². The molecule has 0 radical (unpaired) electrons. The number of nitrogens with zero attached hydrogens (tertiary/aromatic N) is 5. The van der Waals surface area contributed by atoms with Crippen LogP contribution < -0.4 is 14.2 Å². The first-order valence-corrected chi connectivity index (χ1v) is 25.2. The second-order valence-electron chi connectivity index (χ2n) is 19.4. The van der Waals surface area contributed by atoms with Crippen LogP contribution in [0.2, 0.25) is 0 Å². The number of allylic oxidation sites excluding steroid dienone is 2. The first-order valence-electron chi connectivity index (χ1n) is 22.9. The number of Topliss-reactive ketones (excluding diaryl/α,β-unsaturated/α-hetero) is 1. The lowest BCUT2D eigenvalue weighted by Gasteiger charge is -2.29. The van der Waals surface area contributed by atoms with Gasteiger partial charge in [0.1, 0.15) is 28.0 Å². The third-order valence-corrected chi connectivity index (χ3v) is 14.8. The number of ketones is 1. The number of amides is 2. The van der Waals surface area contributed by atoms with E-state index in [2.05, 4.69) is 9.46 Å². The smallest absolute Gasteiger partial charge is 0.460 e. The fourth-order valence-corrected chi connectivity index (χ4v) is 10.6. The first-order chi connectivity index (χ1) is 31.9. The number of para-hydroxylation sites is 1. The van der Waals surface area contributed by atoms with Crippen LogP contribution in [0.3, 0.4) is 0 Å². The van der Waals surface area contributed by atoms with Gasteiger partial charge in [-0.15, -0.1) is 24.5 Å². The number of carbonyl (C=O) groups excluding carboxylic acids is 4. The molecule has 2 amide bonds. The Bertz CT molecular complexity index is 2670. The van der Waals surface area contributed by atoms with Gasteiger partial charge in [0.2, 0.25) is 11.8 Å². The number of benzene rings is 2. The van der Waals surface area contributed by atoms with Crippen molar-refractivity contribution < 1.29 is 55.0 Å². The minimum atomic E-state index is -4.82. The van der Waals surface area contributed by atoms with Gasteiger partial charge in [0.15, 0.2) is 5.78 Å². The third-order valence-electron chi connectivity index (χ3n) is 12.4. The summed E-state index contributed by atoms with van der Waals surface area (Å²) in [6, 6.07) is 10.4. The van der Waals surface area contributed by atoms with Gasteiger partial charge < -0.3 is 19.1 Å². The topological polar surface area (TPSA) is 179 Å². The summed E-state index contributed by atoms with van der Waals surface area (Å²) in [5.41, 5.74) is 1.06. The molecule has 2 aromatic heterocycles. The minimum absolute atomic E-state index is 0.0309. The molecule has 0 spiro atoms. The van der Waals surface area contributed by atoms with Gasteiger partial charge in [-0.1, -0.05) is 43.2 Å². The van der Waals surface area contributed by atoms with E-state index in [0.29, 0.717) is 46.6 Å². The summed E-state index contributed by atoms with van der Waals surface area (Å²) in [6.45, 7) is 9.15. The highest BCUT2D eigenvalue weighted by molar-refractivity contribution is 7.87. The van der Waals surface area contributed by atoms with E-state index in [4.69, 9.17) is 19.4 Å². The molecule has 4 heterocycles. The highest BCUT2D eigenvalue weighted by Gasteiger charge is 2.61. The Morgan fingerprint density at radius 1 is 1.04 bits per heavy atom. The van der Waals surface area contributed by atoms with E-state index in [0.717, 1.165) is 22.7 Å². The van der Waals surface area contributed by atoms with Crippen LogP contribution in [0, 0.1) is 17.3 Å². The maximum absolute atomic E-state index is 14.8. The van der Waals surface area contributed by atoms with E-state index < -0.39 is 75.1 Å². The molecule has 7 rings (SSSR count). The lowest BCUT2D eigenvalue weighted by atomic mass is 9.90. The van der Waals surface area contributed by atoms with E-state index in [1.807, 2.05) is 54.1 Å². The SMILES string of the molecule is CC(C)n1c(O[C@@H]2C[C@H]3C(=O)C[C@]4(C(=O)NS(=O)(=O)N(C)C)C[C@H]4/C=C\CCCCC[C@H](CC(=O)OC(C)(C)C)C(=O)N3C2)nc2c(-c3nc(Cc4cccc(OC(F)(F)F)c4)cs3)cccc21. The van der Waals surface area contributed by atoms with Gasteiger partial charge in [0, 0.05) is 56.3 Å². The molecule has 0 bridgehead atoms. The number of halogens is 3. The number of hydrogen-bond acceptors (Lipinski definition) is 12. The number of rotatable bonds is 12. The second kappa shape index (κ2) is 19.9. The normalized spacial score (nSPS) is 23.4. The van der Waals surface area contributed by atoms with E-state index in [1.165, 1.54) is 48.5 Å². The van der Waals surface area contributed by atoms with E-state index in [-0.39, 0.29) is 56.5 Å². The summed E-state index contributed by atoms with van der Waals surface area (Å²) in [5.74, 6) is -3.69. The summed E-state index contributed by atoms with van der Waals surface area (Å²) in [4.78, 5) is 68.1. The average Bonchev–Trinajstić information content (AvgIpc) is 3.55. The molecule has 1 N–H and O–H groups in total. The molecule has 2 aliphatic heterocycles. The Morgan fingerprint density at radius 3 is 2.50 bits per heavy atom. The largest absolute Gasteiger partial charge is 0.573 e. The molecule has 1 saturated carbocycles. The third kappa shape index (κ3) is 11.9. The maximum atomic E-state index is 14.8. The standard InChI is InChI=1S/C48H59F3N6O9S2/c1-29(2)57-37-20-14-19-36(42-52-33(28-67-42)21-30-15-13-18-34(22-30)65-48(49,50)51)41(37)53-45(57)64-35-24-38-39(58)26-47(44(61)54-68(62,63)55(6)7)25-32(47)17-12-10-8-9-11-16-31(43(60)56(38)27-35)23-40(59)66-46(3,4)5/h12-15,17-20,22,28-29,31-32,35,38H,8-11,16,21,23-27H2,1-7H3,(H,54,61)/b17-12-/t31-,32-,35-,38+,47-/m1/s1. The Morgan fingerprint density at radius 2 is 1.79 bits per heavy atom. The fourth-order valence-electron chi connectivity index (χ4n) is 9.10. The van der Waals surface area contributed by atoms with Crippen LogP contribution in [0.15, 0.2) is 60.0 Å². The quantitative estimate of drug-likeness (QED) is 0.107. The van der Waals surface area contributed by atoms with Crippen molar-refractivity contribution in [1.29, 1.82) is 0 Å². The number of carbonyl (C=O) groups is 4. The van der Waals surface area contributed by atoms with Crippen LogP contribution in [0.4, 0.5) is 13.2 Å². The molecule has 4 aromatic rings. The lowest BCUT2D eigenvalue weighted by Crippen LogP contribution is -2.47. The maximum Gasteiger partial charge on any atom is 0.573 e. The Balaban J connectivity index is 1.20. The zero-order valence-corrected chi connectivity index (χ0v) is 40.9. The number of hydrogen-bond donors (Lipinski definition) is 1. The van der Waals surface area contributed by atoms with Gasteiger partial charge in [-0.05, 0) is 96.0 Å². The number of thiazole rings is 1. The van der Waals surface area contributed by atoms with Crippen molar-refractivity contribution in [2.24, 2.45) is 17.3 Å². The molecule has 368 valence electrons. The van der Waals surface area contributed by atoms with Crippen molar-refractivity contribution in [3.63, 3.8) is 0 Å². The van der Waals surface area contributed by atoms with Crippen molar-refractivity contribution in [1.82, 2.24) is 28.5 Å². The molecular weight excluding hydrogens is 926 g/mol. The number of alkyl halides is 3. The van der Waals surface area contributed by atoms with Crippen LogP contribution in [0.5, 0.6) is 11.8 Å². The molecule has 68 heavy (non-hydrogen) atoms. The first kappa shape index (κ1) is 50.5. The number of ether oxygens (including phenoxy) is 3. The predicted octanol–water partition coefficient (Wildman–Crippen LogP) is 8.33. The molecule has 2 fully saturated rings. The monoisotopic (exact) mass is 984 g/mol. The second-order valence-corrected chi connectivity index (χ2v) is 22.2. The molecule has 5 atom stereocenters. The summed E-state index contributed by atoms with van der Waals surface area (Å²) in [7, 11) is -1.59. The molecular formula is C48H59F3N6O9S2. The number of aromatic nitrogens is 3. The zero-order chi connectivity index (χ0) is 49.3. The molecule has 20 heteroatoms. The van der Waals surface area contributed by atoms with E-state index >= 15 is 0 Å². The predicted molar refractivity (Wildman–Crippen MR) is 249 cm³/mol. The molecule has 3 aliphatic rings. The van der Waals surface area contributed by atoms with Crippen molar-refractivity contribution in [3.8, 4) is 22.3 Å². The average molecular weight is 985 g/mol. The molecule has 2 aromatic carbocycles. The van der Waals surface area contributed by atoms with Gasteiger partial charge in [0.05, 0.1) is 35.6 Å². The Labute approximate surface area is 398 Å². The molecule has 1 saturated heterocycles. The van der Waals surface area contributed by atoms with E-state index in [1.54, 1.807) is 26.8 Å². The number of imidazole rings is 1. The summed E-state index contributed by atoms with van der Waals surface area (Å²) >= 11 is 1.36. The lowest BCUT2D eigenvalue weighted by molar-refractivity contribution is -0.274. The molecule has 15 nitrogen and oxygen atoms in total. The van der Waals surface area contributed by atoms with Gasteiger partial charge in [-0.25, -0.2) is 9.71 Å². The summed E-state index contributed by atoms with van der Waals surface area (Å²) in [6.07, 6.45) is 1.53. The van der Waals surface area contributed by atoms with Crippen molar-refractivity contribution >= 4 is 56.1 Å². The number of esters is 1. The van der Waals surface area contributed by atoms with Gasteiger partial charge in [-0.2, -0.15) is 17.7 Å². The number of fused-ring (bicyclic) bond motifs is 3. The summed E-state index contributed by atoms with van der Waals surface area (Å²) in [5, 5.41) is 2.46. The highest BCUT2D eigenvalue weighted by Crippen LogP contribution is 2.57. The fraction of sp³-hybridized carbons (Fsp3) is 0.542. The summed E-state index contributed by atoms with van der Waals surface area (Å²) < 4.78 is 85.9. The van der Waals surface area contributed by atoms with Crippen LogP contribution in [-0.4, -0.2) is 100 Å². The minimum Gasteiger partial charge on any atom is -0.460 e. The Hall–Kier alpha value is -5.34. The van der Waals surface area contributed by atoms with E-state index in [9.17, 15) is 40.8 Å². The van der Waals surface area contributed by atoms with Gasteiger partial charge in [0.25, 0.3) is 6.01 Å². The van der Waals surface area contributed by atoms with Crippen LogP contribution >= 0.6 is 11.3 Å². The van der Waals surface area contributed by atoms with Gasteiger partial charge >= 0.3 is 22.5 Å². The molecule has 0 unspecified atom stereocenters. The molecule has 1 aliphatic carbocycles. The Kier molecular flexibility index (Phi) is 14.8. The zero-order valence-electron chi connectivity index (χ0n) is 39.3. The number of nitrogens with one attached hydrogen (secondary N) is 1. The van der Waals surface area contributed by atoms with Crippen LogP contribution in [-0.2, 0) is 40.5 Å². The van der Waals surface area contributed by atoms with Crippen LogP contribution in [0.25, 0.3) is 21.6 Å². The van der Waals surface area contributed by atoms with Crippen molar-refractivity contribution in [2.75, 3.05) is 20.6 Å². The highest BCUT2D eigenvalue weighted by atomic mass is 32.2. The van der Waals surface area contributed by atoms with Crippen molar-refractivity contribution in [2.45, 2.75) is 129 Å².